The number of hydrogen-bond donors (Lipinski definition) is 1. The van der Waals surface area contributed by atoms with E-state index in [2.05, 4.69) is 48.6 Å². The first-order valence-corrected chi connectivity index (χ1v) is 4.48. The number of fused-ring (bicyclic) bond motifs is 1. The van der Waals surface area contributed by atoms with Crippen molar-refractivity contribution in [2.24, 2.45) is 0 Å². The summed E-state index contributed by atoms with van der Waals surface area (Å²) in [7, 11) is 1.94. The molecule has 0 aliphatic rings. The minimum atomic E-state index is 1.16. The van der Waals surface area contributed by atoms with Crippen molar-refractivity contribution >= 4 is 16.5 Å². The molecule has 1 N–H and O–H groups in total. The van der Waals surface area contributed by atoms with E-state index in [0.717, 1.165) is 5.69 Å². The Bertz CT molecular complexity index is 432. The highest BCUT2D eigenvalue weighted by molar-refractivity contribution is 5.86. The molecule has 1 nitrogen and oxygen atoms in total. The maximum absolute atomic E-state index is 3.13. The van der Waals surface area contributed by atoms with Gasteiger partial charge in [-0.2, -0.15) is 0 Å². The molecule has 66 valence electrons. The number of benzene rings is 2. The normalized spacial score (nSPS) is 10.3. The fourth-order valence-corrected chi connectivity index (χ4v) is 1.52. The van der Waals surface area contributed by atoms with Crippen molar-refractivity contribution in [3.63, 3.8) is 0 Å². The van der Waals surface area contributed by atoms with Crippen LogP contribution in [0, 0.1) is 6.92 Å². The van der Waals surface area contributed by atoms with Crippen LogP contribution in [-0.4, -0.2) is 7.05 Å². The Balaban J connectivity index is 2.66. The Labute approximate surface area is 78.4 Å². The molecule has 2 aromatic rings. The van der Waals surface area contributed by atoms with Crippen LogP contribution in [0.5, 0.6) is 0 Å². The zero-order valence-corrected chi connectivity index (χ0v) is 7.96. The summed E-state index contributed by atoms with van der Waals surface area (Å²) in [4.78, 5) is 0. The average Bonchev–Trinajstić information content (AvgIpc) is 2.17. The molecule has 0 fully saturated rings. The third-order valence-electron chi connectivity index (χ3n) is 2.28. The van der Waals surface area contributed by atoms with Gasteiger partial charge in [0.05, 0.1) is 0 Å². The second-order valence-electron chi connectivity index (χ2n) is 3.32. The molecule has 0 heterocycles. The van der Waals surface area contributed by atoms with Gasteiger partial charge in [0.2, 0.25) is 0 Å². The standard InChI is InChI=1S/C12H13N/c1-9-3-4-11-8-12(13-2)6-5-10(11)7-9/h3-8,13H,1-2H3. The van der Waals surface area contributed by atoms with Crippen LogP contribution < -0.4 is 5.32 Å². The van der Waals surface area contributed by atoms with Gasteiger partial charge in [0.1, 0.15) is 0 Å². The van der Waals surface area contributed by atoms with E-state index in [-0.39, 0.29) is 0 Å². The Morgan fingerprint density at radius 1 is 0.923 bits per heavy atom. The summed E-state index contributed by atoms with van der Waals surface area (Å²) in [5, 5.41) is 5.73. The molecule has 1 heteroatoms. The predicted molar refractivity (Wildman–Crippen MR) is 58.2 cm³/mol. The first-order chi connectivity index (χ1) is 6.29. The second-order valence-corrected chi connectivity index (χ2v) is 3.32. The van der Waals surface area contributed by atoms with Crippen molar-refractivity contribution in [1.29, 1.82) is 0 Å². The van der Waals surface area contributed by atoms with Gasteiger partial charge in [0, 0.05) is 12.7 Å². The van der Waals surface area contributed by atoms with Crippen LogP contribution in [0.2, 0.25) is 0 Å². The van der Waals surface area contributed by atoms with E-state index in [9.17, 15) is 0 Å². The van der Waals surface area contributed by atoms with Crippen molar-refractivity contribution < 1.29 is 0 Å². The van der Waals surface area contributed by atoms with E-state index < -0.39 is 0 Å². The highest BCUT2D eigenvalue weighted by atomic mass is 14.8. The molecule has 2 rings (SSSR count). The van der Waals surface area contributed by atoms with Gasteiger partial charge in [-0.1, -0.05) is 29.8 Å². The number of rotatable bonds is 1. The molecule has 13 heavy (non-hydrogen) atoms. The summed E-state index contributed by atoms with van der Waals surface area (Å²) in [6, 6.07) is 12.9. The van der Waals surface area contributed by atoms with Crippen molar-refractivity contribution in [1.82, 2.24) is 0 Å². The molecule has 2 aromatic carbocycles. The summed E-state index contributed by atoms with van der Waals surface area (Å²) in [5.74, 6) is 0. The van der Waals surface area contributed by atoms with Crippen LogP contribution in [0.3, 0.4) is 0 Å². The number of hydrogen-bond acceptors (Lipinski definition) is 1. The smallest absolute Gasteiger partial charge is 0.0343 e. The van der Waals surface area contributed by atoms with Crippen LogP contribution in [0.25, 0.3) is 10.8 Å². The maximum atomic E-state index is 3.13. The molecule has 0 amide bonds. The molecule has 0 aliphatic heterocycles. The Kier molecular flexibility index (Phi) is 1.93. The van der Waals surface area contributed by atoms with E-state index in [1.807, 2.05) is 7.05 Å². The number of nitrogens with one attached hydrogen (secondary N) is 1. The molecule has 0 unspecified atom stereocenters. The minimum absolute atomic E-state index is 1.16. The molecular weight excluding hydrogens is 158 g/mol. The van der Waals surface area contributed by atoms with Gasteiger partial charge in [-0.05, 0) is 29.8 Å². The molecule has 0 radical (unpaired) electrons. The molecule has 0 saturated carbocycles. The number of anilines is 1. The SMILES string of the molecule is CNc1ccc2cc(C)ccc2c1. The van der Waals surface area contributed by atoms with Crippen LogP contribution in [0.1, 0.15) is 5.56 Å². The summed E-state index contributed by atoms with van der Waals surface area (Å²) >= 11 is 0. The quantitative estimate of drug-likeness (QED) is 0.694. The average molecular weight is 171 g/mol. The molecular formula is C12H13N. The Morgan fingerprint density at radius 3 is 2.38 bits per heavy atom. The Morgan fingerprint density at radius 2 is 1.62 bits per heavy atom. The lowest BCUT2D eigenvalue weighted by atomic mass is 10.1. The summed E-state index contributed by atoms with van der Waals surface area (Å²) < 4.78 is 0. The fourth-order valence-electron chi connectivity index (χ4n) is 1.52. The maximum Gasteiger partial charge on any atom is 0.0343 e. The van der Waals surface area contributed by atoms with Gasteiger partial charge >= 0.3 is 0 Å². The minimum Gasteiger partial charge on any atom is -0.388 e. The molecule has 0 atom stereocenters. The topological polar surface area (TPSA) is 12.0 Å². The third-order valence-corrected chi connectivity index (χ3v) is 2.28. The van der Waals surface area contributed by atoms with Crippen LogP contribution in [-0.2, 0) is 0 Å². The van der Waals surface area contributed by atoms with Crippen LogP contribution in [0.4, 0.5) is 5.69 Å². The van der Waals surface area contributed by atoms with Gasteiger partial charge in [0.15, 0.2) is 0 Å². The predicted octanol–water partition coefficient (Wildman–Crippen LogP) is 3.19. The fraction of sp³-hybridized carbons (Fsp3) is 0.167. The van der Waals surface area contributed by atoms with E-state index in [1.165, 1.54) is 16.3 Å². The van der Waals surface area contributed by atoms with Gasteiger partial charge < -0.3 is 5.32 Å². The second kappa shape index (κ2) is 3.09. The highest BCUT2D eigenvalue weighted by Crippen LogP contribution is 2.19. The lowest BCUT2D eigenvalue weighted by Gasteiger charge is -2.03. The van der Waals surface area contributed by atoms with Gasteiger partial charge in [-0.15, -0.1) is 0 Å². The van der Waals surface area contributed by atoms with Crippen LogP contribution in [0.15, 0.2) is 36.4 Å². The zero-order chi connectivity index (χ0) is 9.26. The molecule has 0 bridgehead atoms. The monoisotopic (exact) mass is 171 g/mol. The third kappa shape index (κ3) is 1.50. The number of aryl methyl sites for hydroxylation is 1. The highest BCUT2D eigenvalue weighted by Gasteiger charge is 1.94. The first-order valence-electron chi connectivity index (χ1n) is 4.48. The first kappa shape index (κ1) is 8.11. The lowest BCUT2D eigenvalue weighted by Crippen LogP contribution is -1.86. The van der Waals surface area contributed by atoms with Gasteiger partial charge in [0.25, 0.3) is 0 Å². The summed E-state index contributed by atoms with van der Waals surface area (Å²) in [6.45, 7) is 2.12. The van der Waals surface area contributed by atoms with E-state index in [0.29, 0.717) is 0 Å². The van der Waals surface area contributed by atoms with E-state index in [4.69, 9.17) is 0 Å². The van der Waals surface area contributed by atoms with E-state index in [1.54, 1.807) is 0 Å². The molecule has 0 spiro atoms. The Hall–Kier alpha value is -1.50. The zero-order valence-electron chi connectivity index (χ0n) is 7.96. The van der Waals surface area contributed by atoms with Crippen molar-refractivity contribution in [3.8, 4) is 0 Å². The largest absolute Gasteiger partial charge is 0.388 e. The molecule has 0 aliphatic carbocycles. The van der Waals surface area contributed by atoms with Crippen molar-refractivity contribution in [3.05, 3.63) is 42.0 Å². The summed E-state index contributed by atoms with van der Waals surface area (Å²) in [5.41, 5.74) is 2.47. The van der Waals surface area contributed by atoms with Crippen LogP contribution >= 0.6 is 0 Å². The van der Waals surface area contributed by atoms with Crippen molar-refractivity contribution in [2.75, 3.05) is 12.4 Å². The van der Waals surface area contributed by atoms with E-state index >= 15 is 0 Å². The molecule has 0 saturated heterocycles. The van der Waals surface area contributed by atoms with Gasteiger partial charge in [-0.25, -0.2) is 0 Å². The van der Waals surface area contributed by atoms with Crippen molar-refractivity contribution in [2.45, 2.75) is 6.92 Å². The molecule has 0 aromatic heterocycles. The van der Waals surface area contributed by atoms with Gasteiger partial charge in [-0.3, -0.25) is 0 Å². The summed E-state index contributed by atoms with van der Waals surface area (Å²) in [6.07, 6.45) is 0. The lowest BCUT2D eigenvalue weighted by molar-refractivity contribution is 1.49.